The van der Waals surface area contributed by atoms with Gasteiger partial charge in [0.2, 0.25) is 0 Å². The maximum atomic E-state index is 12.1. The lowest BCUT2D eigenvalue weighted by Gasteiger charge is -2.10. The molecule has 0 N–H and O–H groups in total. The highest BCUT2D eigenvalue weighted by Crippen LogP contribution is 2.22. The van der Waals surface area contributed by atoms with E-state index in [0.717, 1.165) is 31.2 Å². The average Bonchev–Trinajstić information content (AvgIpc) is 2.25. The summed E-state index contributed by atoms with van der Waals surface area (Å²) in [7, 11) is -4.66. The quantitative estimate of drug-likeness (QED) is 0.570. The fraction of sp³-hybridized carbons (Fsp3) is 0.538. The van der Waals surface area contributed by atoms with Gasteiger partial charge in [-0.25, -0.2) is 0 Å². The zero-order chi connectivity index (χ0) is 15.2. The van der Waals surface area contributed by atoms with Crippen molar-refractivity contribution in [3.8, 4) is 5.75 Å². The topological polar surface area (TPSA) is 43.4 Å². The van der Waals surface area contributed by atoms with Gasteiger partial charge in [0.1, 0.15) is 5.75 Å². The normalized spacial score (nSPS) is 12.4. The highest BCUT2D eigenvalue weighted by Gasteiger charge is 2.36. The molecule has 114 valence electrons. The Morgan fingerprint density at radius 1 is 1.20 bits per heavy atom. The Bertz CT molecular complexity index is 524. The minimum Gasteiger partial charge on any atom is -0.382 e. The van der Waals surface area contributed by atoms with E-state index in [2.05, 4.69) is 11.1 Å². The number of aryl methyl sites for hydroxylation is 1. The van der Waals surface area contributed by atoms with Crippen LogP contribution in [0.25, 0.3) is 0 Å². The van der Waals surface area contributed by atoms with Gasteiger partial charge in [0, 0.05) is 0 Å². The molecule has 1 aromatic rings. The monoisotopic (exact) mass is 310 g/mol. The van der Waals surface area contributed by atoms with Crippen molar-refractivity contribution in [1.29, 1.82) is 0 Å². The smallest absolute Gasteiger partial charge is 0.382 e. The van der Waals surface area contributed by atoms with Crippen LogP contribution in [-0.4, -0.2) is 20.3 Å². The second kappa shape index (κ2) is 6.97. The van der Waals surface area contributed by atoms with Crippen molar-refractivity contribution in [2.24, 2.45) is 0 Å². The number of halogens is 3. The number of unbranched alkanes of at least 4 members (excludes halogenated alkanes) is 2. The van der Waals surface area contributed by atoms with Crippen molar-refractivity contribution >= 4 is 10.1 Å². The summed E-state index contributed by atoms with van der Waals surface area (Å²) in [5.74, 6) is -2.07. The molecule has 0 atom stereocenters. The molecule has 0 unspecified atom stereocenters. The van der Waals surface area contributed by atoms with Crippen LogP contribution in [0.1, 0.15) is 31.7 Å². The van der Waals surface area contributed by atoms with Crippen molar-refractivity contribution in [2.45, 2.75) is 38.8 Å². The Morgan fingerprint density at radius 3 is 2.50 bits per heavy atom. The lowest BCUT2D eigenvalue weighted by atomic mass is 10.1. The van der Waals surface area contributed by atoms with Gasteiger partial charge in [0.05, 0.1) is 0 Å². The van der Waals surface area contributed by atoms with Crippen LogP contribution in [0.15, 0.2) is 24.3 Å². The number of benzene rings is 1. The molecule has 0 bridgehead atoms. The van der Waals surface area contributed by atoms with E-state index in [1.807, 2.05) is 0 Å². The van der Waals surface area contributed by atoms with Gasteiger partial charge in [-0.3, -0.25) is 0 Å². The summed E-state index contributed by atoms with van der Waals surface area (Å²) in [4.78, 5) is 0. The van der Waals surface area contributed by atoms with E-state index >= 15 is 0 Å². The first-order valence-corrected chi connectivity index (χ1v) is 7.87. The van der Waals surface area contributed by atoms with Gasteiger partial charge >= 0.3 is 16.3 Å². The molecule has 7 heteroatoms. The summed E-state index contributed by atoms with van der Waals surface area (Å²) in [5, 5.41) is 0. The SMILES string of the molecule is CCCCCc1cccc(OS(=O)(=O)CC(F)(F)F)c1. The third-order valence-electron chi connectivity index (χ3n) is 2.53. The predicted octanol–water partition coefficient (Wildman–Crippen LogP) is 3.69. The predicted molar refractivity (Wildman–Crippen MR) is 70.1 cm³/mol. The van der Waals surface area contributed by atoms with Crippen LogP contribution < -0.4 is 4.18 Å². The van der Waals surface area contributed by atoms with Gasteiger partial charge in [0.25, 0.3) is 0 Å². The number of hydrogen-bond acceptors (Lipinski definition) is 3. The standard InChI is InChI=1S/C13H17F3O3S/c1-2-3-4-6-11-7-5-8-12(9-11)19-20(17,18)10-13(14,15)16/h5,7-9H,2-4,6,10H2,1H3. The number of hydrogen-bond donors (Lipinski definition) is 0. The molecule has 0 spiro atoms. The van der Waals surface area contributed by atoms with Crippen LogP contribution >= 0.6 is 0 Å². The molecule has 3 nitrogen and oxygen atoms in total. The highest BCUT2D eigenvalue weighted by molar-refractivity contribution is 7.87. The molecular weight excluding hydrogens is 293 g/mol. The molecule has 0 aliphatic rings. The van der Waals surface area contributed by atoms with Crippen molar-refractivity contribution in [3.63, 3.8) is 0 Å². The third-order valence-corrected chi connectivity index (χ3v) is 3.66. The molecule has 0 amide bonds. The highest BCUT2D eigenvalue weighted by atomic mass is 32.2. The van der Waals surface area contributed by atoms with Crippen LogP contribution in [0, 0.1) is 0 Å². The van der Waals surface area contributed by atoms with Crippen LogP contribution in [-0.2, 0) is 16.5 Å². The van der Waals surface area contributed by atoms with Crippen molar-refractivity contribution in [1.82, 2.24) is 0 Å². The molecule has 20 heavy (non-hydrogen) atoms. The van der Waals surface area contributed by atoms with Crippen molar-refractivity contribution in [3.05, 3.63) is 29.8 Å². The summed E-state index contributed by atoms with van der Waals surface area (Å²) in [6.45, 7) is 2.06. The average molecular weight is 310 g/mol. The zero-order valence-corrected chi connectivity index (χ0v) is 11.9. The first-order valence-electron chi connectivity index (χ1n) is 6.30. The van der Waals surface area contributed by atoms with Crippen molar-refractivity contribution < 1.29 is 25.8 Å². The van der Waals surface area contributed by atoms with Gasteiger partial charge in [-0.2, -0.15) is 21.6 Å². The van der Waals surface area contributed by atoms with Crippen LogP contribution in [0.2, 0.25) is 0 Å². The van der Waals surface area contributed by atoms with E-state index in [4.69, 9.17) is 0 Å². The van der Waals surface area contributed by atoms with Crippen LogP contribution in [0.5, 0.6) is 5.75 Å². The first-order chi connectivity index (χ1) is 9.22. The maximum absolute atomic E-state index is 12.1. The summed E-state index contributed by atoms with van der Waals surface area (Å²) in [6.07, 6.45) is -1.04. The molecule has 0 aliphatic carbocycles. The molecule has 0 heterocycles. The van der Waals surface area contributed by atoms with Crippen molar-refractivity contribution in [2.75, 3.05) is 5.75 Å². The molecule has 0 fully saturated rings. The fourth-order valence-electron chi connectivity index (χ4n) is 1.71. The molecule has 1 rings (SSSR count). The second-order valence-corrected chi connectivity index (χ2v) is 6.08. The molecular formula is C13H17F3O3S. The van der Waals surface area contributed by atoms with E-state index in [0.29, 0.717) is 0 Å². The summed E-state index contributed by atoms with van der Waals surface area (Å²) in [6, 6.07) is 6.15. The molecule has 0 aliphatic heterocycles. The molecule has 0 radical (unpaired) electrons. The van der Waals surface area contributed by atoms with Gasteiger partial charge in [0.15, 0.2) is 5.75 Å². The van der Waals surface area contributed by atoms with E-state index in [9.17, 15) is 21.6 Å². The van der Waals surface area contributed by atoms with Gasteiger partial charge in [-0.15, -0.1) is 0 Å². The Balaban J connectivity index is 2.70. The van der Waals surface area contributed by atoms with E-state index in [1.165, 1.54) is 12.1 Å². The lowest BCUT2D eigenvalue weighted by molar-refractivity contribution is -0.107. The van der Waals surface area contributed by atoms with Crippen LogP contribution in [0.4, 0.5) is 13.2 Å². The lowest BCUT2D eigenvalue weighted by Crippen LogP contribution is -2.26. The molecule has 0 saturated carbocycles. The minimum absolute atomic E-state index is 0.0803. The molecule has 0 aromatic heterocycles. The van der Waals surface area contributed by atoms with Gasteiger partial charge < -0.3 is 4.18 Å². The van der Waals surface area contributed by atoms with Gasteiger partial charge in [-0.05, 0) is 30.5 Å². The molecule has 0 saturated heterocycles. The number of rotatable bonds is 7. The summed E-state index contributed by atoms with van der Waals surface area (Å²) < 4.78 is 63.2. The van der Waals surface area contributed by atoms with E-state index in [1.54, 1.807) is 12.1 Å². The van der Waals surface area contributed by atoms with E-state index in [-0.39, 0.29) is 5.75 Å². The largest absolute Gasteiger partial charge is 0.406 e. The van der Waals surface area contributed by atoms with Gasteiger partial charge in [-0.1, -0.05) is 31.9 Å². The summed E-state index contributed by atoms with van der Waals surface area (Å²) in [5.41, 5.74) is 0.846. The Labute approximate surface area is 116 Å². The third kappa shape index (κ3) is 6.79. The Hall–Kier alpha value is -1.24. The second-order valence-electron chi connectivity index (χ2n) is 4.51. The summed E-state index contributed by atoms with van der Waals surface area (Å²) >= 11 is 0. The Morgan fingerprint density at radius 2 is 1.90 bits per heavy atom. The Kier molecular flexibility index (Phi) is 5.86. The van der Waals surface area contributed by atoms with Crippen LogP contribution in [0.3, 0.4) is 0 Å². The maximum Gasteiger partial charge on any atom is 0.406 e. The fourth-order valence-corrected chi connectivity index (χ4v) is 2.57. The number of alkyl halides is 3. The first kappa shape index (κ1) is 16.8. The molecule has 1 aromatic carbocycles. The zero-order valence-electron chi connectivity index (χ0n) is 11.1. The van der Waals surface area contributed by atoms with E-state index < -0.39 is 22.0 Å². The minimum atomic E-state index is -4.81.